The van der Waals surface area contributed by atoms with Gasteiger partial charge in [0.25, 0.3) is 0 Å². The summed E-state index contributed by atoms with van der Waals surface area (Å²) in [5.74, 6) is -1.55. The van der Waals surface area contributed by atoms with Crippen molar-refractivity contribution in [1.82, 2.24) is 4.90 Å². The van der Waals surface area contributed by atoms with E-state index >= 15 is 0 Å². The lowest BCUT2D eigenvalue weighted by Crippen LogP contribution is -2.39. The Labute approximate surface area is 133 Å². The van der Waals surface area contributed by atoms with Gasteiger partial charge in [0.15, 0.2) is 0 Å². The van der Waals surface area contributed by atoms with Crippen LogP contribution in [0.25, 0.3) is 0 Å². The number of hydrogen-bond donors (Lipinski definition) is 1. The summed E-state index contributed by atoms with van der Waals surface area (Å²) in [6.45, 7) is 1.85. The highest BCUT2D eigenvalue weighted by atomic mass is 35.5. The van der Waals surface area contributed by atoms with Crippen LogP contribution in [0, 0.1) is 5.92 Å². The molecule has 1 aromatic carbocycles. The number of carbonyl (C=O) groups is 2. The summed E-state index contributed by atoms with van der Waals surface area (Å²) in [5.41, 5.74) is 0.708. The van der Waals surface area contributed by atoms with Crippen LogP contribution in [0.1, 0.15) is 25.3 Å². The van der Waals surface area contributed by atoms with Gasteiger partial charge < -0.3 is 10.0 Å². The molecule has 1 N–H and O–H groups in total. The summed E-state index contributed by atoms with van der Waals surface area (Å²) < 4.78 is 0. The maximum absolute atomic E-state index is 12.4. The van der Waals surface area contributed by atoms with Crippen LogP contribution in [-0.4, -0.2) is 34.5 Å². The molecule has 1 amide bonds. The predicted molar refractivity (Wildman–Crippen MR) is 81.7 cm³/mol. The second kappa shape index (κ2) is 6.67. The highest BCUT2D eigenvalue weighted by Gasteiger charge is 2.34. The molecule has 0 radical (unpaired) electrons. The number of rotatable bonds is 6. The molecule has 0 aliphatic heterocycles. The van der Waals surface area contributed by atoms with Crippen molar-refractivity contribution in [3.05, 3.63) is 33.8 Å². The van der Waals surface area contributed by atoms with E-state index in [1.165, 1.54) is 0 Å². The number of nitrogens with zero attached hydrogens (tertiary/aromatic N) is 1. The van der Waals surface area contributed by atoms with Gasteiger partial charge in [0, 0.05) is 22.6 Å². The van der Waals surface area contributed by atoms with E-state index in [1.807, 2.05) is 0 Å². The molecule has 1 aliphatic carbocycles. The fourth-order valence-electron chi connectivity index (χ4n) is 2.14. The molecule has 0 heterocycles. The molecule has 1 aliphatic rings. The number of carboxylic acid groups (broad SMARTS) is 1. The van der Waals surface area contributed by atoms with Crippen molar-refractivity contribution < 1.29 is 14.7 Å². The number of hydrogen-bond acceptors (Lipinski definition) is 2. The minimum Gasteiger partial charge on any atom is -0.481 e. The van der Waals surface area contributed by atoms with Gasteiger partial charge in [-0.25, -0.2) is 0 Å². The maximum Gasteiger partial charge on any atom is 0.308 e. The van der Waals surface area contributed by atoms with E-state index in [9.17, 15) is 9.59 Å². The first-order chi connectivity index (χ1) is 9.88. The van der Waals surface area contributed by atoms with Gasteiger partial charge in [0.2, 0.25) is 5.91 Å². The smallest absolute Gasteiger partial charge is 0.308 e. The van der Waals surface area contributed by atoms with Crippen molar-refractivity contribution >= 4 is 35.1 Å². The average molecular weight is 330 g/mol. The summed E-state index contributed by atoms with van der Waals surface area (Å²) in [6, 6.07) is 5.20. The van der Waals surface area contributed by atoms with Crippen LogP contribution in [0.3, 0.4) is 0 Å². The molecule has 1 saturated carbocycles. The predicted octanol–water partition coefficient (Wildman–Crippen LogP) is 3.25. The Bertz CT molecular complexity index is 558. The summed E-state index contributed by atoms with van der Waals surface area (Å²) in [4.78, 5) is 25.1. The second-order valence-corrected chi connectivity index (χ2v) is 6.27. The SMILES string of the molecule is CC(CN(C(=O)Cc1ccc(Cl)cc1Cl)C1CC1)C(=O)O. The van der Waals surface area contributed by atoms with Crippen molar-refractivity contribution in [3.8, 4) is 0 Å². The largest absolute Gasteiger partial charge is 0.481 e. The van der Waals surface area contributed by atoms with E-state index in [1.54, 1.807) is 30.0 Å². The van der Waals surface area contributed by atoms with Crippen LogP contribution in [0.5, 0.6) is 0 Å². The quantitative estimate of drug-likeness (QED) is 0.871. The van der Waals surface area contributed by atoms with Gasteiger partial charge in [0.1, 0.15) is 0 Å². The number of aliphatic carboxylic acids is 1. The first kappa shape index (κ1) is 16.1. The van der Waals surface area contributed by atoms with Gasteiger partial charge in [-0.15, -0.1) is 0 Å². The summed E-state index contributed by atoms with van der Waals surface area (Å²) in [6.07, 6.45) is 2.04. The van der Waals surface area contributed by atoms with Crippen molar-refractivity contribution in [2.75, 3.05) is 6.54 Å². The summed E-state index contributed by atoms with van der Waals surface area (Å²) >= 11 is 11.9. The van der Waals surface area contributed by atoms with Crippen molar-refractivity contribution in [1.29, 1.82) is 0 Å². The molecular formula is C15H17Cl2NO3. The summed E-state index contributed by atoms with van der Waals surface area (Å²) in [5, 5.41) is 9.98. The average Bonchev–Trinajstić information content (AvgIpc) is 3.23. The minimum absolute atomic E-state index is 0.0881. The number of amides is 1. The van der Waals surface area contributed by atoms with Crippen molar-refractivity contribution in [2.24, 2.45) is 5.92 Å². The normalized spacial score (nSPS) is 15.6. The third-order valence-electron chi connectivity index (χ3n) is 3.56. The lowest BCUT2D eigenvalue weighted by molar-refractivity contribution is -0.143. The topological polar surface area (TPSA) is 57.6 Å². The number of carbonyl (C=O) groups excluding carboxylic acids is 1. The molecule has 1 atom stereocenters. The van der Waals surface area contributed by atoms with Crippen LogP contribution in [0.4, 0.5) is 0 Å². The van der Waals surface area contributed by atoms with E-state index in [0.717, 1.165) is 12.8 Å². The molecule has 4 nitrogen and oxygen atoms in total. The number of benzene rings is 1. The van der Waals surface area contributed by atoms with Gasteiger partial charge in [-0.2, -0.15) is 0 Å². The molecule has 0 saturated heterocycles. The first-order valence-electron chi connectivity index (χ1n) is 6.84. The van der Waals surface area contributed by atoms with Crippen LogP contribution in [0.15, 0.2) is 18.2 Å². The number of carboxylic acids is 1. The van der Waals surface area contributed by atoms with E-state index in [4.69, 9.17) is 28.3 Å². The molecule has 0 spiro atoms. The summed E-state index contributed by atoms with van der Waals surface area (Å²) in [7, 11) is 0. The third-order valence-corrected chi connectivity index (χ3v) is 4.14. The van der Waals surface area contributed by atoms with Crippen LogP contribution >= 0.6 is 23.2 Å². The molecule has 0 bridgehead atoms. The Balaban J connectivity index is 2.06. The molecule has 2 rings (SSSR count). The molecule has 0 aromatic heterocycles. The molecule has 21 heavy (non-hydrogen) atoms. The lowest BCUT2D eigenvalue weighted by Gasteiger charge is -2.24. The second-order valence-electron chi connectivity index (χ2n) is 5.43. The Kier molecular flexibility index (Phi) is 5.12. The molecule has 1 fully saturated rings. The molecular weight excluding hydrogens is 313 g/mol. The fourth-order valence-corrected chi connectivity index (χ4v) is 2.62. The molecule has 1 aromatic rings. The van der Waals surface area contributed by atoms with Crippen molar-refractivity contribution in [2.45, 2.75) is 32.2 Å². The van der Waals surface area contributed by atoms with Crippen LogP contribution in [-0.2, 0) is 16.0 Å². The zero-order valence-electron chi connectivity index (χ0n) is 11.7. The van der Waals surface area contributed by atoms with Crippen molar-refractivity contribution in [3.63, 3.8) is 0 Å². The number of halogens is 2. The van der Waals surface area contributed by atoms with E-state index in [2.05, 4.69) is 0 Å². The highest BCUT2D eigenvalue weighted by molar-refractivity contribution is 6.35. The Morgan fingerprint density at radius 3 is 2.57 bits per heavy atom. The Morgan fingerprint density at radius 2 is 2.05 bits per heavy atom. The van der Waals surface area contributed by atoms with Gasteiger partial charge in [-0.1, -0.05) is 36.2 Å². The van der Waals surface area contributed by atoms with Gasteiger partial charge in [-0.3, -0.25) is 9.59 Å². The zero-order valence-corrected chi connectivity index (χ0v) is 13.2. The first-order valence-corrected chi connectivity index (χ1v) is 7.60. The van der Waals surface area contributed by atoms with Gasteiger partial charge in [0.05, 0.1) is 12.3 Å². The van der Waals surface area contributed by atoms with Crippen LogP contribution in [0.2, 0.25) is 10.0 Å². The molecule has 1 unspecified atom stereocenters. The highest BCUT2D eigenvalue weighted by Crippen LogP contribution is 2.29. The fraction of sp³-hybridized carbons (Fsp3) is 0.467. The van der Waals surface area contributed by atoms with Crippen LogP contribution < -0.4 is 0 Å². The van der Waals surface area contributed by atoms with Gasteiger partial charge >= 0.3 is 5.97 Å². The monoisotopic (exact) mass is 329 g/mol. The van der Waals surface area contributed by atoms with E-state index in [-0.39, 0.29) is 24.9 Å². The standard InChI is InChI=1S/C15H17Cl2NO3/c1-9(15(20)21)8-18(12-4-5-12)14(19)6-10-2-3-11(16)7-13(10)17/h2-3,7,9,12H,4-6,8H2,1H3,(H,20,21). The Morgan fingerprint density at radius 1 is 1.38 bits per heavy atom. The Hall–Kier alpha value is -1.26. The molecule has 114 valence electrons. The molecule has 6 heteroatoms. The van der Waals surface area contributed by atoms with Gasteiger partial charge in [-0.05, 0) is 30.5 Å². The lowest BCUT2D eigenvalue weighted by atomic mass is 10.1. The minimum atomic E-state index is -0.891. The van der Waals surface area contributed by atoms with E-state index < -0.39 is 11.9 Å². The van der Waals surface area contributed by atoms with E-state index in [0.29, 0.717) is 15.6 Å². The maximum atomic E-state index is 12.4. The zero-order chi connectivity index (χ0) is 15.6. The third kappa shape index (κ3) is 4.35.